The molecule has 1 unspecified atom stereocenters. The third-order valence-corrected chi connectivity index (χ3v) is 3.11. The monoisotopic (exact) mass is 280 g/mol. The standard InChI is InChI=1S/C15H21FN2O2/c1-4-11(2)17-15(20)9-10-18(12(3)19)14-8-6-5-7-13(14)16/h5-8,11H,4,9-10H2,1-3H3,(H,17,20). The molecule has 0 bridgehead atoms. The summed E-state index contributed by atoms with van der Waals surface area (Å²) in [6, 6.07) is 6.15. The van der Waals surface area contributed by atoms with Crippen LogP contribution in [-0.4, -0.2) is 24.4 Å². The maximum Gasteiger partial charge on any atom is 0.223 e. The predicted molar refractivity (Wildman–Crippen MR) is 76.9 cm³/mol. The van der Waals surface area contributed by atoms with Crippen LogP contribution in [0.25, 0.3) is 0 Å². The van der Waals surface area contributed by atoms with Crippen molar-refractivity contribution in [3.05, 3.63) is 30.1 Å². The van der Waals surface area contributed by atoms with Gasteiger partial charge in [-0.05, 0) is 25.5 Å². The molecule has 0 aromatic heterocycles. The molecule has 1 aromatic rings. The van der Waals surface area contributed by atoms with Gasteiger partial charge in [0.2, 0.25) is 11.8 Å². The Morgan fingerprint density at radius 3 is 2.55 bits per heavy atom. The van der Waals surface area contributed by atoms with Gasteiger partial charge in [-0.2, -0.15) is 0 Å². The Balaban J connectivity index is 2.68. The number of nitrogens with zero attached hydrogens (tertiary/aromatic N) is 1. The number of anilines is 1. The fourth-order valence-corrected chi connectivity index (χ4v) is 1.78. The molecule has 4 nitrogen and oxygen atoms in total. The zero-order valence-electron chi connectivity index (χ0n) is 12.1. The number of carbonyl (C=O) groups excluding carboxylic acids is 2. The van der Waals surface area contributed by atoms with Gasteiger partial charge >= 0.3 is 0 Å². The summed E-state index contributed by atoms with van der Waals surface area (Å²) in [5.41, 5.74) is 0.205. The molecule has 1 atom stereocenters. The highest BCUT2D eigenvalue weighted by Crippen LogP contribution is 2.19. The molecule has 0 fully saturated rings. The van der Waals surface area contributed by atoms with Crippen LogP contribution in [0.5, 0.6) is 0 Å². The molecular weight excluding hydrogens is 259 g/mol. The second-order valence-corrected chi connectivity index (χ2v) is 4.75. The van der Waals surface area contributed by atoms with E-state index in [1.165, 1.54) is 24.0 Å². The number of halogens is 1. The average molecular weight is 280 g/mol. The topological polar surface area (TPSA) is 49.4 Å². The zero-order valence-corrected chi connectivity index (χ0v) is 12.1. The molecule has 0 spiro atoms. The molecule has 0 aliphatic heterocycles. The number of nitrogens with one attached hydrogen (secondary N) is 1. The number of para-hydroxylation sites is 1. The first-order chi connectivity index (χ1) is 9.45. The van der Waals surface area contributed by atoms with E-state index in [-0.39, 0.29) is 36.5 Å². The van der Waals surface area contributed by atoms with E-state index >= 15 is 0 Å². The van der Waals surface area contributed by atoms with Gasteiger partial charge in [0.25, 0.3) is 0 Å². The van der Waals surface area contributed by atoms with Gasteiger partial charge in [-0.1, -0.05) is 19.1 Å². The zero-order chi connectivity index (χ0) is 15.1. The van der Waals surface area contributed by atoms with Crippen LogP contribution < -0.4 is 10.2 Å². The summed E-state index contributed by atoms with van der Waals surface area (Å²) in [5.74, 6) is -0.890. The highest BCUT2D eigenvalue weighted by atomic mass is 19.1. The van der Waals surface area contributed by atoms with E-state index in [2.05, 4.69) is 5.32 Å². The van der Waals surface area contributed by atoms with Crippen molar-refractivity contribution in [3.8, 4) is 0 Å². The molecule has 2 amide bonds. The van der Waals surface area contributed by atoms with E-state index in [1.54, 1.807) is 12.1 Å². The fraction of sp³-hybridized carbons (Fsp3) is 0.467. The summed E-state index contributed by atoms with van der Waals surface area (Å²) in [6.45, 7) is 5.42. The highest BCUT2D eigenvalue weighted by Gasteiger charge is 2.16. The van der Waals surface area contributed by atoms with Gasteiger partial charge in [0.1, 0.15) is 5.82 Å². The molecule has 20 heavy (non-hydrogen) atoms. The first-order valence-electron chi connectivity index (χ1n) is 6.77. The lowest BCUT2D eigenvalue weighted by Gasteiger charge is -2.22. The molecule has 0 aliphatic rings. The Labute approximate surface area is 119 Å². The van der Waals surface area contributed by atoms with Gasteiger partial charge in [0, 0.05) is 25.9 Å². The summed E-state index contributed by atoms with van der Waals surface area (Å²) in [5, 5.41) is 2.82. The number of rotatable bonds is 6. The van der Waals surface area contributed by atoms with Crippen molar-refractivity contribution < 1.29 is 14.0 Å². The maximum absolute atomic E-state index is 13.7. The van der Waals surface area contributed by atoms with Crippen LogP contribution in [0, 0.1) is 5.82 Å². The smallest absolute Gasteiger partial charge is 0.223 e. The van der Waals surface area contributed by atoms with Gasteiger partial charge in [0.15, 0.2) is 0 Å². The SMILES string of the molecule is CCC(C)NC(=O)CCN(C(C)=O)c1ccccc1F. The molecular formula is C15H21FN2O2. The Morgan fingerprint density at radius 2 is 2.00 bits per heavy atom. The quantitative estimate of drug-likeness (QED) is 0.870. The molecule has 0 aliphatic carbocycles. The van der Waals surface area contributed by atoms with E-state index in [9.17, 15) is 14.0 Å². The summed E-state index contributed by atoms with van der Waals surface area (Å²) >= 11 is 0. The van der Waals surface area contributed by atoms with Crippen molar-refractivity contribution in [3.63, 3.8) is 0 Å². The van der Waals surface area contributed by atoms with E-state index in [0.29, 0.717) is 0 Å². The van der Waals surface area contributed by atoms with Crippen LogP contribution in [0.4, 0.5) is 10.1 Å². The van der Waals surface area contributed by atoms with Crippen LogP contribution >= 0.6 is 0 Å². The summed E-state index contributed by atoms with van der Waals surface area (Å²) in [4.78, 5) is 24.6. The Morgan fingerprint density at radius 1 is 1.35 bits per heavy atom. The van der Waals surface area contributed by atoms with Gasteiger partial charge in [-0.3, -0.25) is 9.59 Å². The molecule has 110 valence electrons. The van der Waals surface area contributed by atoms with Crippen molar-refractivity contribution in [2.75, 3.05) is 11.4 Å². The first kappa shape index (κ1) is 16.1. The number of hydrogen-bond donors (Lipinski definition) is 1. The predicted octanol–water partition coefficient (Wildman–Crippen LogP) is 2.48. The van der Waals surface area contributed by atoms with E-state index in [1.807, 2.05) is 13.8 Å². The van der Waals surface area contributed by atoms with Gasteiger partial charge in [-0.25, -0.2) is 4.39 Å². The first-order valence-corrected chi connectivity index (χ1v) is 6.77. The lowest BCUT2D eigenvalue weighted by molar-refractivity contribution is -0.121. The Hall–Kier alpha value is -1.91. The average Bonchev–Trinajstić information content (AvgIpc) is 2.40. The van der Waals surface area contributed by atoms with Crippen molar-refractivity contribution in [2.24, 2.45) is 0 Å². The Bertz CT molecular complexity index is 477. The van der Waals surface area contributed by atoms with Crippen LogP contribution in [-0.2, 0) is 9.59 Å². The molecule has 1 N–H and O–H groups in total. The summed E-state index contributed by atoms with van der Waals surface area (Å²) in [6.07, 6.45) is 0.994. The van der Waals surface area contributed by atoms with Crippen LogP contribution in [0.1, 0.15) is 33.6 Å². The normalized spacial score (nSPS) is 11.8. The van der Waals surface area contributed by atoms with Crippen LogP contribution in [0.3, 0.4) is 0 Å². The van der Waals surface area contributed by atoms with E-state index in [4.69, 9.17) is 0 Å². The molecule has 0 saturated carbocycles. The molecule has 0 saturated heterocycles. The van der Waals surface area contributed by atoms with Gasteiger partial charge in [0.05, 0.1) is 5.69 Å². The number of amides is 2. The molecule has 0 radical (unpaired) electrons. The Kier molecular flexibility index (Phi) is 6.15. The number of benzene rings is 1. The summed E-state index contributed by atoms with van der Waals surface area (Å²) < 4.78 is 13.7. The van der Waals surface area contributed by atoms with E-state index < -0.39 is 5.82 Å². The minimum atomic E-state index is -0.468. The lowest BCUT2D eigenvalue weighted by Crippen LogP contribution is -2.37. The fourth-order valence-electron chi connectivity index (χ4n) is 1.78. The third kappa shape index (κ3) is 4.64. The second kappa shape index (κ2) is 7.62. The molecule has 0 heterocycles. The van der Waals surface area contributed by atoms with Crippen LogP contribution in [0.2, 0.25) is 0 Å². The van der Waals surface area contributed by atoms with E-state index in [0.717, 1.165) is 6.42 Å². The van der Waals surface area contributed by atoms with Crippen LogP contribution in [0.15, 0.2) is 24.3 Å². The summed E-state index contributed by atoms with van der Waals surface area (Å²) in [7, 11) is 0. The number of carbonyl (C=O) groups is 2. The molecule has 5 heteroatoms. The van der Waals surface area contributed by atoms with Crippen molar-refractivity contribution in [2.45, 2.75) is 39.7 Å². The largest absolute Gasteiger partial charge is 0.354 e. The highest BCUT2D eigenvalue weighted by molar-refractivity contribution is 5.92. The van der Waals surface area contributed by atoms with Crippen molar-refractivity contribution in [1.82, 2.24) is 5.32 Å². The minimum absolute atomic E-state index is 0.0988. The number of hydrogen-bond acceptors (Lipinski definition) is 2. The van der Waals surface area contributed by atoms with Crippen molar-refractivity contribution in [1.29, 1.82) is 0 Å². The second-order valence-electron chi connectivity index (χ2n) is 4.75. The maximum atomic E-state index is 13.7. The molecule has 1 rings (SSSR count). The lowest BCUT2D eigenvalue weighted by atomic mass is 10.2. The molecule has 1 aromatic carbocycles. The minimum Gasteiger partial charge on any atom is -0.354 e. The van der Waals surface area contributed by atoms with Crippen molar-refractivity contribution >= 4 is 17.5 Å². The van der Waals surface area contributed by atoms with Gasteiger partial charge in [-0.15, -0.1) is 0 Å². The van der Waals surface area contributed by atoms with Gasteiger partial charge < -0.3 is 10.2 Å². The third-order valence-electron chi connectivity index (χ3n) is 3.11.